The molecule has 1 aliphatic carbocycles. The van der Waals surface area contributed by atoms with Gasteiger partial charge in [-0.2, -0.15) is 0 Å². The van der Waals surface area contributed by atoms with E-state index < -0.39 is 5.60 Å². The fourth-order valence-electron chi connectivity index (χ4n) is 4.05. The molecule has 2 heterocycles. The SMILES string of the molecule is O=C(N1CCCC1C1COCCC1O)C1(O)CCCC1. The van der Waals surface area contributed by atoms with Gasteiger partial charge in [-0.3, -0.25) is 4.79 Å². The third-order valence-corrected chi connectivity index (χ3v) is 5.25. The number of ether oxygens (including phenoxy) is 1. The summed E-state index contributed by atoms with van der Waals surface area (Å²) in [6.07, 6.45) is 5.14. The monoisotopic (exact) mass is 283 g/mol. The van der Waals surface area contributed by atoms with Gasteiger partial charge in [0.1, 0.15) is 5.60 Å². The maximum absolute atomic E-state index is 12.7. The van der Waals surface area contributed by atoms with Crippen LogP contribution in [0.5, 0.6) is 0 Å². The van der Waals surface area contributed by atoms with Crippen molar-refractivity contribution in [1.82, 2.24) is 4.90 Å². The second-order valence-corrected chi connectivity index (χ2v) is 6.54. The largest absolute Gasteiger partial charge is 0.393 e. The molecule has 0 bridgehead atoms. The molecule has 3 rings (SSSR count). The van der Waals surface area contributed by atoms with Gasteiger partial charge in [0.2, 0.25) is 0 Å². The summed E-state index contributed by atoms with van der Waals surface area (Å²) in [6.45, 7) is 1.82. The average Bonchev–Trinajstić information content (AvgIpc) is 3.08. The lowest BCUT2D eigenvalue weighted by atomic mass is 9.88. The highest BCUT2D eigenvalue weighted by atomic mass is 16.5. The topological polar surface area (TPSA) is 70.0 Å². The van der Waals surface area contributed by atoms with E-state index in [-0.39, 0.29) is 24.0 Å². The zero-order chi connectivity index (χ0) is 14.2. The Balaban J connectivity index is 1.73. The Morgan fingerprint density at radius 3 is 2.65 bits per heavy atom. The van der Waals surface area contributed by atoms with Gasteiger partial charge in [-0.25, -0.2) is 0 Å². The van der Waals surface area contributed by atoms with Crippen molar-refractivity contribution in [2.45, 2.75) is 62.7 Å². The van der Waals surface area contributed by atoms with Crippen molar-refractivity contribution in [2.75, 3.05) is 19.8 Å². The number of carbonyl (C=O) groups excluding carboxylic acids is 1. The molecule has 0 aromatic heterocycles. The molecule has 0 spiro atoms. The van der Waals surface area contributed by atoms with Gasteiger partial charge in [0.25, 0.3) is 5.91 Å². The van der Waals surface area contributed by atoms with E-state index in [2.05, 4.69) is 0 Å². The van der Waals surface area contributed by atoms with Crippen LogP contribution in [0.2, 0.25) is 0 Å². The Bertz CT molecular complexity index is 367. The number of hydrogen-bond donors (Lipinski definition) is 2. The summed E-state index contributed by atoms with van der Waals surface area (Å²) >= 11 is 0. The van der Waals surface area contributed by atoms with Gasteiger partial charge in [0.15, 0.2) is 0 Å². The zero-order valence-corrected chi connectivity index (χ0v) is 12.0. The standard InChI is InChI=1S/C15H25NO4/c17-13-5-9-20-10-11(13)12-4-3-8-16(12)14(18)15(19)6-1-2-7-15/h11-13,17,19H,1-10H2. The maximum atomic E-state index is 12.7. The van der Waals surface area contributed by atoms with Crippen LogP contribution in [0.25, 0.3) is 0 Å². The van der Waals surface area contributed by atoms with Crippen LogP contribution in [0.15, 0.2) is 0 Å². The molecule has 1 amide bonds. The van der Waals surface area contributed by atoms with Crippen LogP contribution < -0.4 is 0 Å². The number of amides is 1. The molecule has 3 aliphatic rings. The molecule has 3 unspecified atom stereocenters. The van der Waals surface area contributed by atoms with E-state index in [0.29, 0.717) is 39.0 Å². The van der Waals surface area contributed by atoms with Gasteiger partial charge >= 0.3 is 0 Å². The van der Waals surface area contributed by atoms with Gasteiger partial charge in [0, 0.05) is 25.1 Å². The maximum Gasteiger partial charge on any atom is 0.254 e. The molecular formula is C15H25NO4. The number of nitrogens with zero attached hydrogens (tertiary/aromatic N) is 1. The summed E-state index contributed by atoms with van der Waals surface area (Å²) in [4.78, 5) is 14.5. The summed E-state index contributed by atoms with van der Waals surface area (Å²) in [5.41, 5.74) is -1.15. The van der Waals surface area contributed by atoms with Crippen molar-refractivity contribution < 1.29 is 19.7 Å². The van der Waals surface area contributed by atoms with Crippen LogP contribution in [0.1, 0.15) is 44.9 Å². The summed E-state index contributed by atoms with van der Waals surface area (Å²) < 4.78 is 5.48. The first-order chi connectivity index (χ1) is 9.62. The van der Waals surface area contributed by atoms with Crippen LogP contribution in [-0.4, -0.2) is 58.5 Å². The molecule has 2 saturated heterocycles. The summed E-state index contributed by atoms with van der Waals surface area (Å²) in [5.74, 6) is -0.115. The van der Waals surface area contributed by atoms with Gasteiger partial charge < -0.3 is 19.8 Å². The number of rotatable bonds is 2. The smallest absolute Gasteiger partial charge is 0.254 e. The summed E-state index contributed by atoms with van der Waals surface area (Å²) in [5, 5.41) is 20.7. The van der Waals surface area contributed by atoms with Gasteiger partial charge in [-0.1, -0.05) is 0 Å². The fraction of sp³-hybridized carbons (Fsp3) is 0.933. The van der Waals surface area contributed by atoms with Crippen molar-refractivity contribution in [3.8, 4) is 0 Å². The molecule has 114 valence electrons. The second kappa shape index (κ2) is 5.62. The summed E-state index contributed by atoms with van der Waals surface area (Å²) in [7, 11) is 0. The highest BCUT2D eigenvalue weighted by Crippen LogP contribution is 2.36. The van der Waals surface area contributed by atoms with Gasteiger partial charge in [-0.05, 0) is 44.9 Å². The Hall–Kier alpha value is -0.650. The fourth-order valence-corrected chi connectivity index (χ4v) is 4.05. The predicted octanol–water partition coefficient (Wildman–Crippen LogP) is 0.680. The minimum absolute atomic E-state index is 0.000188. The Morgan fingerprint density at radius 1 is 1.20 bits per heavy atom. The van der Waals surface area contributed by atoms with Crippen molar-refractivity contribution in [3.05, 3.63) is 0 Å². The van der Waals surface area contributed by atoms with E-state index in [1.165, 1.54) is 0 Å². The molecule has 1 saturated carbocycles. The molecule has 20 heavy (non-hydrogen) atoms. The van der Waals surface area contributed by atoms with Crippen LogP contribution in [0.4, 0.5) is 0 Å². The average molecular weight is 283 g/mol. The molecule has 3 fully saturated rings. The van der Waals surface area contributed by atoms with Crippen molar-refractivity contribution in [1.29, 1.82) is 0 Å². The number of likely N-dealkylation sites (tertiary alicyclic amines) is 1. The molecule has 0 aromatic carbocycles. The molecule has 3 atom stereocenters. The van der Waals surface area contributed by atoms with Gasteiger partial charge in [0.05, 0.1) is 12.7 Å². The van der Waals surface area contributed by atoms with Crippen LogP contribution in [-0.2, 0) is 9.53 Å². The molecule has 2 aliphatic heterocycles. The Morgan fingerprint density at radius 2 is 1.95 bits per heavy atom. The highest BCUT2D eigenvalue weighted by molar-refractivity contribution is 5.85. The van der Waals surface area contributed by atoms with Crippen molar-refractivity contribution in [3.63, 3.8) is 0 Å². The minimum atomic E-state index is -1.15. The Labute approximate surface area is 119 Å². The normalized spacial score (nSPS) is 37.3. The number of hydrogen-bond acceptors (Lipinski definition) is 4. The second-order valence-electron chi connectivity index (χ2n) is 6.54. The molecular weight excluding hydrogens is 258 g/mol. The number of aliphatic hydroxyl groups excluding tert-OH is 1. The predicted molar refractivity (Wildman–Crippen MR) is 73.1 cm³/mol. The van der Waals surface area contributed by atoms with E-state index in [1.807, 2.05) is 4.90 Å². The Kier molecular flexibility index (Phi) is 4.02. The molecule has 0 aromatic rings. The lowest BCUT2D eigenvalue weighted by molar-refractivity contribution is -0.155. The van der Waals surface area contributed by atoms with E-state index in [1.54, 1.807) is 0 Å². The van der Waals surface area contributed by atoms with E-state index in [4.69, 9.17) is 4.74 Å². The van der Waals surface area contributed by atoms with E-state index in [9.17, 15) is 15.0 Å². The number of aliphatic hydroxyl groups is 2. The summed E-state index contributed by atoms with van der Waals surface area (Å²) in [6, 6.07) is 0.0300. The van der Waals surface area contributed by atoms with Crippen LogP contribution >= 0.6 is 0 Å². The highest BCUT2D eigenvalue weighted by Gasteiger charge is 2.47. The first-order valence-corrected chi connectivity index (χ1v) is 7.91. The lowest BCUT2D eigenvalue weighted by Gasteiger charge is -2.39. The number of carbonyl (C=O) groups is 1. The molecule has 0 radical (unpaired) electrons. The first kappa shape index (κ1) is 14.3. The zero-order valence-electron chi connectivity index (χ0n) is 12.0. The first-order valence-electron chi connectivity index (χ1n) is 7.91. The molecule has 5 heteroatoms. The van der Waals surface area contributed by atoms with E-state index >= 15 is 0 Å². The van der Waals surface area contributed by atoms with Crippen molar-refractivity contribution in [2.24, 2.45) is 5.92 Å². The molecule has 2 N–H and O–H groups in total. The lowest BCUT2D eigenvalue weighted by Crippen LogP contribution is -2.54. The van der Waals surface area contributed by atoms with E-state index in [0.717, 1.165) is 25.7 Å². The minimum Gasteiger partial charge on any atom is -0.393 e. The van der Waals surface area contributed by atoms with Crippen LogP contribution in [0, 0.1) is 5.92 Å². The molecule has 5 nitrogen and oxygen atoms in total. The van der Waals surface area contributed by atoms with Crippen LogP contribution in [0.3, 0.4) is 0 Å². The third kappa shape index (κ3) is 2.47. The quantitative estimate of drug-likeness (QED) is 0.782. The van der Waals surface area contributed by atoms with Crippen molar-refractivity contribution >= 4 is 5.91 Å². The van der Waals surface area contributed by atoms with Gasteiger partial charge in [-0.15, -0.1) is 0 Å². The third-order valence-electron chi connectivity index (χ3n) is 5.25.